The molecule has 0 heterocycles. The van der Waals surface area contributed by atoms with Crippen molar-refractivity contribution in [2.45, 2.75) is 51.9 Å². The van der Waals surface area contributed by atoms with Gasteiger partial charge in [0.1, 0.15) is 5.82 Å². The Morgan fingerprint density at radius 2 is 1.47 bits per heavy atom. The van der Waals surface area contributed by atoms with Crippen molar-refractivity contribution in [1.29, 1.82) is 0 Å². The Bertz CT molecular complexity index is 1320. The fourth-order valence-corrected chi connectivity index (χ4v) is 6.20. The maximum absolute atomic E-state index is 15.2. The second-order valence-corrected chi connectivity index (χ2v) is 10.6. The van der Waals surface area contributed by atoms with Gasteiger partial charge in [0.25, 0.3) is 0 Å². The number of rotatable bonds is 7. The third kappa shape index (κ3) is 5.45. The van der Waals surface area contributed by atoms with E-state index in [4.69, 9.17) is 4.74 Å². The van der Waals surface area contributed by atoms with Gasteiger partial charge in [-0.3, -0.25) is 0 Å². The highest BCUT2D eigenvalue weighted by molar-refractivity contribution is 5.74. The minimum Gasteiger partial charge on any atom is -0.491 e. The van der Waals surface area contributed by atoms with Crippen LogP contribution in [0, 0.1) is 35.2 Å². The van der Waals surface area contributed by atoms with E-state index in [9.17, 15) is 8.78 Å². The molecule has 0 spiro atoms. The zero-order valence-corrected chi connectivity index (χ0v) is 22.0. The van der Waals surface area contributed by atoms with E-state index in [0.717, 1.165) is 41.9 Å². The van der Waals surface area contributed by atoms with Gasteiger partial charge < -0.3 is 4.74 Å². The van der Waals surface area contributed by atoms with Gasteiger partial charge in [0.15, 0.2) is 11.6 Å². The molecule has 3 aromatic rings. The lowest BCUT2D eigenvalue weighted by Gasteiger charge is -2.34. The third-order valence-electron chi connectivity index (χ3n) is 8.46. The lowest BCUT2D eigenvalue weighted by atomic mass is 9.71. The van der Waals surface area contributed by atoms with Gasteiger partial charge in [0.2, 0.25) is 5.82 Å². The second kappa shape index (κ2) is 11.6. The van der Waals surface area contributed by atoms with E-state index in [2.05, 4.69) is 18.7 Å². The van der Waals surface area contributed by atoms with Crippen LogP contribution in [0.5, 0.6) is 5.75 Å². The van der Waals surface area contributed by atoms with Crippen LogP contribution in [-0.2, 0) is 0 Å². The molecule has 1 fully saturated rings. The molecule has 3 aromatic carbocycles. The van der Waals surface area contributed by atoms with Gasteiger partial charge in [-0.1, -0.05) is 48.6 Å². The normalized spacial score (nSPS) is 21.6. The predicted octanol–water partition coefficient (Wildman–Crippen LogP) is 10.0. The van der Waals surface area contributed by atoms with Gasteiger partial charge in [-0.05, 0) is 110 Å². The summed E-state index contributed by atoms with van der Waals surface area (Å²) in [5, 5.41) is 0. The summed E-state index contributed by atoms with van der Waals surface area (Å²) in [5.41, 5.74) is 4.07. The highest BCUT2D eigenvalue weighted by atomic mass is 19.2. The van der Waals surface area contributed by atoms with Crippen molar-refractivity contribution in [1.82, 2.24) is 0 Å². The van der Waals surface area contributed by atoms with Gasteiger partial charge in [-0.15, -0.1) is 6.58 Å². The molecule has 2 aliphatic carbocycles. The molecule has 1 atom stereocenters. The first-order valence-electron chi connectivity index (χ1n) is 13.8. The van der Waals surface area contributed by atoms with E-state index in [-0.39, 0.29) is 23.7 Å². The summed E-state index contributed by atoms with van der Waals surface area (Å²) in [5.74, 6) is -0.0736. The van der Waals surface area contributed by atoms with Crippen LogP contribution in [0.2, 0.25) is 0 Å². The number of halogens is 3. The summed E-state index contributed by atoms with van der Waals surface area (Å²) >= 11 is 0. The molecule has 38 heavy (non-hydrogen) atoms. The van der Waals surface area contributed by atoms with E-state index in [0.29, 0.717) is 23.0 Å². The van der Waals surface area contributed by atoms with Crippen molar-refractivity contribution >= 4 is 5.57 Å². The van der Waals surface area contributed by atoms with Crippen LogP contribution in [-0.4, -0.2) is 6.61 Å². The van der Waals surface area contributed by atoms with Gasteiger partial charge in [0.05, 0.1) is 6.61 Å². The molecule has 1 nitrogen and oxygen atoms in total. The van der Waals surface area contributed by atoms with Crippen LogP contribution >= 0.6 is 0 Å². The average Bonchev–Trinajstić information content (AvgIpc) is 2.96. The molecule has 0 N–H and O–H groups in total. The van der Waals surface area contributed by atoms with Crippen LogP contribution in [0.4, 0.5) is 13.2 Å². The van der Waals surface area contributed by atoms with E-state index in [1.165, 1.54) is 37.8 Å². The van der Waals surface area contributed by atoms with Crippen molar-refractivity contribution in [3.8, 4) is 28.0 Å². The number of hydrogen-bond donors (Lipinski definition) is 0. The Balaban J connectivity index is 1.28. The zero-order chi connectivity index (χ0) is 26.6. The molecule has 0 radical (unpaired) electrons. The van der Waals surface area contributed by atoms with Crippen LogP contribution in [0.25, 0.3) is 27.8 Å². The second-order valence-electron chi connectivity index (χ2n) is 10.6. The first-order valence-corrected chi connectivity index (χ1v) is 13.8. The summed E-state index contributed by atoms with van der Waals surface area (Å²) in [6.45, 7) is 5.93. The van der Waals surface area contributed by atoms with Gasteiger partial charge in [0, 0.05) is 11.1 Å². The molecule has 4 heteroatoms. The van der Waals surface area contributed by atoms with Gasteiger partial charge in [-0.2, -0.15) is 4.39 Å². The Morgan fingerprint density at radius 3 is 2.11 bits per heavy atom. The van der Waals surface area contributed by atoms with Gasteiger partial charge >= 0.3 is 0 Å². The number of allylic oxidation sites excluding steroid dienone is 3. The monoisotopic (exact) mass is 516 g/mol. The molecule has 2 aliphatic rings. The molecule has 0 saturated heterocycles. The van der Waals surface area contributed by atoms with Crippen molar-refractivity contribution in [2.75, 3.05) is 6.61 Å². The van der Waals surface area contributed by atoms with Crippen LogP contribution < -0.4 is 4.74 Å². The first kappa shape index (κ1) is 26.3. The molecule has 198 valence electrons. The summed E-state index contributed by atoms with van der Waals surface area (Å²) in [6, 6.07) is 15.4. The molecule has 0 bridgehead atoms. The Morgan fingerprint density at radius 1 is 0.789 bits per heavy atom. The Labute approximate surface area is 224 Å². The molecule has 1 unspecified atom stereocenters. The summed E-state index contributed by atoms with van der Waals surface area (Å²) in [6.07, 6.45) is 12.5. The largest absolute Gasteiger partial charge is 0.491 e. The van der Waals surface area contributed by atoms with Crippen LogP contribution in [0.1, 0.15) is 57.4 Å². The van der Waals surface area contributed by atoms with E-state index in [1.54, 1.807) is 25.1 Å². The van der Waals surface area contributed by atoms with E-state index in [1.807, 2.05) is 24.3 Å². The maximum Gasteiger partial charge on any atom is 0.201 e. The molecule has 5 rings (SSSR count). The van der Waals surface area contributed by atoms with Crippen molar-refractivity contribution in [3.05, 3.63) is 96.3 Å². The predicted molar refractivity (Wildman–Crippen MR) is 149 cm³/mol. The summed E-state index contributed by atoms with van der Waals surface area (Å²) < 4.78 is 49.3. The molecule has 0 amide bonds. The minimum atomic E-state index is -0.991. The fraction of sp³-hybridized carbons (Fsp3) is 0.353. The number of benzene rings is 3. The van der Waals surface area contributed by atoms with E-state index < -0.39 is 11.6 Å². The molecular formula is C34H35F3O. The minimum absolute atomic E-state index is 0.0971. The fourth-order valence-electron chi connectivity index (χ4n) is 6.20. The quantitative estimate of drug-likeness (QED) is 0.284. The van der Waals surface area contributed by atoms with Crippen LogP contribution in [0.3, 0.4) is 0 Å². The lowest BCUT2D eigenvalue weighted by molar-refractivity contribution is 0.212. The smallest absolute Gasteiger partial charge is 0.201 e. The summed E-state index contributed by atoms with van der Waals surface area (Å²) in [4.78, 5) is 0. The molecule has 0 aromatic heterocycles. The topological polar surface area (TPSA) is 9.23 Å². The maximum atomic E-state index is 15.2. The van der Waals surface area contributed by atoms with Crippen LogP contribution in [0.15, 0.2) is 73.3 Å². The van der Waals surface area contributed by atoms with Crippen molar-refractivity contribution < 1.29 is 17.9 Å². The molecule has 0 aliphatic heterocycles. The zero-order valence-electron chi connectivity index (χ0n) is 22.0. The molecular weight excluding hydrogens is 481 g/mol. The van der Waals surface area contributed by atoms with Crippen molar-refractivity contribution in [3.63, 3.8) is 0 Å². The average molecular weight is 517 g/mol. The first-order chi connectivity index (χ1) is 18.5. The highest BCUT2D eigenvalue weighted by Gasteiger charge is 2.28. The SMILES string of the molecule is C=CC1CCC(C2CC=C(c3ccc(-c4ccc(-c5ccc(OCC)c(F)c5F)cc4)cc3F)CC2)CC1. The summed E-state index contributed by atoms with van der Waals surface area (Å²) in [7, 11) is 0. The Hall–Kier alpha value is -3.27. The third-order valence-corrected chi connectivity index (χ3v) is 8.46. The highest BCUT2D eigenvalue weighted by Crippen LogP contribution is 2.42. The number of hydrogen-bond acceptors (Lipinski definition) is 1. The van der Waals surface area contributed by atoms with Gasteiger partial charge in [-0.25, -0.2) is 8.78 Å². The molecule has 1 saturated carbocycles. The lowest BCUT2D eigenvalue weighted by Crippen LogP contribution is -2.22. The number of ether oxygens (including phenoxy) is 1. The Kier molecular flexibility index (Phi) is 8.06. The van der Waals surface area contributed by atoms with Crippen molar-refractivity contribution in [2.24, 2.45) is 17.8 Å². The standard InChI is InChI=1S/C34H35F3O/c1-3-22-5-7-23(8-6-22)24-9-13-26(14-10-24)29-18-17-28(21-31(29)35)25-11-15-27(16-12-25)30-19-20-32(38-4-2)34(37)33(30)36/h3,11-13,15-24H,1,4-10,14H2,2H3. The van der Waals surface area contributed by atoms with E-state index >= 15 is 4.39 Å².